The molecule has 0 aromatic carbocycles. The Labute approximate surface area is 179 Å². The molecule has 3 aromatic heterocycles. The van der Waals surface area contributed by atoms with Crippen molar-refractivity contribution in [3.8, 4) is 0 Å². The molecule has 6 nitrogen and oxygen atoms in total. The van der Waals surface area contributed by atoms with Gasteiger partial charge >= 0.3 is 12.4 Å². The van der Waals surface area contributed by atoms with E-state index in [1.807, 2.05) is 0 Å². The molecule has 174 valence electrons. The number of nitrogens with zero attached hydrogens (tertiary/aromatic N) is 4. The summed E-state index contributed by atoms with van der Waals surface area (Å²) in [4.78, 5) is 14.4. The first-order valence-corrected chi connectivity index (χ1v) is 9.79. The highest BCUT2D eigenvalue weighted by atomic mass is 19.4. The van der Waals surface area contributed by atoms with Crippen molar-refractivity contribution in [3.05, 3.63) is 46.7 Å². The lowest BCUT2D eigenvalue weighted by molar-refractivity contribution is -0.142. The quantitative estimate of drug-likeness (QED) is 0.454. The minimum Gasteiger partial charge on any atom is -0.385 e. The van der Waals surface area contributed by atoms with Crippen LogP contribution in [0.25, 0.3) is 5.65 Å². The minimum atomic E-state index is -4.42. The van der Waals surface area contributed by atoms with E-state index in [1.54, 1.807) is 14.0 Å². The third-order valence-electron chi connectivity index (χ3n) is 5.16. The molecule has 0 bridgehead atoms. The number of halogens is 6. The largest absolute Gasteiger partial charge is 0.435 e. The topological polar surface area (TPSA) is 64.2 Å². The SMILES string of the molecule is CNc1cc(C(F)(F)F)cn2c(C)cnc12.O=CCn1nc(C(F)(F)F)c2c1CCCC2. The predicted octanol–water partition coefficient (Wildman–Crippen LogP) is 4.68. The van der Waals surface area contributed by atoms with Crippen LogP contribution in [-0.2, 0) is 36.5 Å². The van der Waals surface area contributed by atoms with Crippen molar-refractivity contribution < 1.29 is 31.1 Å². The lowest BCUT2D eigenvalue weighted by atomic mass is 9.95. The smallest absolute Gasteiger partial charge is 0.385 e. The Hall–Kier alpha value is -3.05. The lowest BCUT2D eigenvalue weighted by Gasteiger charge is -2.13. The van der Waals surface area contributed by atoms with Crippen molar-refractivity contribution in [1.29, 1.82) is 0 Å². The highest BCUT2D eigenvalue weighted by Crippen LogP contribution is 2.36. The first kappa shape index (κ1) is 23.6. The first-order valence-electron chi connectivity index (χ1n) is 9.79. The zero-order valence-electron chi connectivity index (χ0n) is 17.3. The Kier molecular flexibility index (Phi) is 6.51. The zero-order valence-corrected chi connectivity index (χ0v) is 17.3. The number of rotatable bonds is 3. The van der Waals surface area contributed by atoms with E-state index in [9.17, 15) is 31.1 Å². The van der Waals surface area contributed by atoms with Gasteiger partial charge in [-0.25, -0.2) is 4.98 Å². The van der Waals surface area contributed by atoms with Crippen molar-refractivity contribution >= 4 is 17.6 Å². The Morgan fingerprint density at radius 2 is 1.81 bits per heavy atom. The highest BCUT2D eigenvalue weighted by molar-refractivity contribution is 5.68. The number of aryl methyl sites for hydroxylation is 1. The summed E-state index contributed by atoms with van der Waals surface area (Å²) in [6, 6.07) is 1.06. The molecule has 32 heavy (non-hydrogen) atoms. The number of pyridine rings is 1. The maximum absolute atomic E-state index is 12.7. The summed E-state index contributed by atoms with van der Waals surface area (Å²) in [5, 5.41) is 6.23. The van der Waals surface area contributed by atoms with Gasteiger partial charge in [-0.05, 0) is 38.7 Å². The Morgan fingerprint density at radius 1 is 1.12 bits per heavy atom. The fraction of sp³-hybridized carbons (Fsp3) is 0.450. The summed E-state index contributed by atoms with van der Waals surface area (Å²) in [6.07, 6.45) is -3.02. The van der Waals surface area contributed by atoms with Crippen LogP contribution >= 0.6 is 0 Å². The molecule has 1 aliphatic rings. The molecule has 12 heteroatoms. The monoisotopic (exact) mass is 461 g/mol. The normalized spacial score (nSPS) is 14.0. The van der Waals surface area contributed by atoms with Gasteiger partial charge in [0.05, 0.1) is 17.8 Å². The van der Waals surface area contributed by atoms with Crippen LogP contribution in [0.15, 0.2) is 18.5 Å². The molecule has 0 saturated carbocycles. The lowest BCUT2D eigenvalue weighted by Crippen LogP contribution is -2.11. The molecule has 1 aliphatic carbocycles. The third-order valence-corrected chi connectivity index (χ3v) is 5.16. The summed E-state index contributed by atoms with van der Waals surface area (Å²) < 4.78 is 78.4. The fourth-order valence-corrected chi connectivity index (χ4v) is 3.66. The van der Waals surface area contributed by atoms with Crippen molar-refractivity contribution in [3.63, 3.8) is 0 Å². The number of anilines is 1. The van der Waals surface area contributed by atoms with Gasteiger partial charge in [0, 0.05) is 36.4 Å². The van der Waals surface area contributed by atoms with Gasteiger partial charge in [0.2, 0.25) is 0 Å². The van der Waals surface area contributed by atoms with Gasteiger partial charge in [0.25, 0.3) is 0 Å². The summed E-state index contributed by atoms with van der Waals surface area (Å²) >= 11 is 0. The minimum absolute atomic E-state index is 0.0988. The summed E-state index contributed by atoms with van der Waals surface area (Å²) in [5.74, 6) is 0. The second kappa shape index (κ2) is 8.83. The summed E-state index contributed by atoms with van der Waals surface area (Å²) in [7, 11) is 1.57. The van der Waals surface area contributed by atoms with Crippen LogP contribution in [0, 0.1) is 6.92 Å². The van der Waals surface area contributed by atoms with Crippen LogP contribution in [0.4, 0.5) is 32.0 Å². The fourth-order valence-electron chi connectivity index (χ4n) is 3.66. The van der Waals surface area contributed by atoms with Gasteiger partial charge in [-0.15, -0.1) is 0 Å². The number of carbonyl (C=O) groups excluding carboxylic acids is 1. The van der Waals surface area contributed by atoms with Crippen molar-refractivity contribution in [2.75, 3.05) is 12.4 Å². The van der Waals surface area contributed by atoms with Crippen LogP contribution in [0.1, 0.15) is 41.1 Å². The number of nitrogens with one attached hydrogen (secondary N) is 1. The molecule has 0 saturated heterocycles. The van der Waals surface area contributed by atoms with Crippen molar-refractivity contribution in [2.45, 2.75) is 51.5 Å². The number of hydrogen-bond acceptors (Lipinski definition) is 4. The number of aromatic nitrogens is 4. The van der Waals surface area contributed by atoms with Crippen molar-refractivity contribution in [1.82, 2.24) is 19.2 Å². The van der Waals surface area contributed by atoms with Crippen molar-refractivity contribution in [2.24, 2.45) is 0 Å². The standard InChI is InChI=1S/C10H10F3N3.C10H11F3N2O/c1-6-4-15-9-8(14-2)3-7(5-16(6)9)10(11,12)13;11-10(12,13)9-7-3-1-2-4-8(7)15(14-9)5-6-16/h3-5,14H,1-2H3;6H,1-5H2. The molecule has 0 spiro atoms. The van der Waals surface area contributed by atoms with E-state index in [1.165, 1.54) is 15.3 Å². The van der Waals surface area contributed by atoms with Gasteiger partial charge in [-0.3, -0.25) is 4.68 Å². The molecular formula is C20H21F6N5O. The molecule has 0 aliphatic heterocycles. The molecule has 0 radical (unpaired) electrons. The number of carbonyl (C=O) groups is 1. The van der Waals surface area contributed by atoms with E-state index >= 15 is 0 Å². The van der Waals surface area contributed by atoms with E-state index in [0.717, 1.165) is 25.1 Å². The molecule has 1 N–H and O–H groups in total. The van der Waals surface area contributed by atoms with Crippen LogP contribution in [0.5, 0.6) is 0 Å². The Morgan fingerprint density at radius 3 is 2.41 bits per heavy atom. The van der Waals surface area contributed by atoms with E-state index in [0.29, 0.717) is 41.9 Å². The van der Waals surface area contributed by atoms with Gasteiger partial charge in [0.1, 0.15) is 6.29 Å². The third kappa shape index (κ3) is 4.73. The molecule has 3 heterocycles. The molecule has 0 fully saturated rings. The molecule has 4 rings (SSSR count). The average Bonchev–Trinajstić information content (AvgIpc) is 3.29. The van der Waals surface area contributed by atoms with Crippen LogP contribution < -0.4 is 5.32 Å². The van der Waals surface area contributed by atoms with Gasteiger partial charge < -0.3 is 14.5 Å². The Balaban J connectivity index is 0.000000181. The molecule has 0 amide bonds. The van der Waals surface area contributed by atoms with Gasteiger partial charge in [-0.1, -0.05) is 0 Å². The van der Waals surface area contributed by atoms with E-state index < -0.39 is 23.6 Å². The Bertz CT molecular complexity index is 1110. The van der Waals surface area contributed by atoms with Gasteiger partial charge in [0.15, 0.2) is 11.3 Å². The number of imidazole rings is 1. The van der Waals surface area contributed by atoms with Gasteiger partial charge in [-0.2, -0.15) is 31.4 Å². The average molecular weight is 461 g/mol. The molecular weight excluding hydrogens is 440 g/mol. The second-order valence-electron chi connectivity index (χ2n) is 7.31. The maximum Gasteiger partial charge on any atom is 0.435 e. The van der Waals surface area contributed by atoms with E-state index in [2.05, 4.69) is 15.4 Å². The number of alkyl halides is 6. The summed E-state index contributed by atoms with van der Waals surface area (Å²) in [6.45, 7) is 1.61. The summed E-state index contributed by atoms with van der Waals surface area (Å²) in [5.41, 5.74) is 0.870. The highest BCUT2D eigenvalue weighted by Gasteiger charge is 2.39. The molecule has 3 aromatic rings. The zero-order chi connectivity index (χ0) is 23.7. The van der Waals surface area contributed by atoms with Crippen LogP contribution in [0.3, 0.4) is 0 Å². The maximum atomic E-state index is 12.7. The second-order valence-corrected chi connectivity index (χ2v) is 7.31. The molecule has 0 atom stereocenters. The first-order chi connectivity index (χ1) is 15.0. The van der Waals surface area contributed by atoms with E-state index in [4.69, 9.17) is 0 Å². The number of fused-ring (bicyclic) bond motifs is 2. The molecule has 0 unspecified atom stereocenters. The number of aldehydes is 1. The van der Waals surface area contributed by atoms with E-state index in [-0.39, 0.29) is 12.1 Å². The van der Waals surface area contributed by atoms with Crippen LogP contribution in [-0.4, -0.2) is 32.5 Å². The van der Waals surface area contributed by atoms with Crippen LogP contribution in [0.2, 0.25) is 0 Å². The number of hydrogen-bond donors (Lipinski definition) is 1. The predicted molar refractivity (Wildman–Crippen MR) is 104 cm³/mol.